The van der Waals surface area contributed by atoms with Crippen molar-refractivity contribution < 1.29 is 28.2 Å². The van der Waals surface area contributed by atoms with E-state index in [-0.39, 0.29) is 18.2 Å². The molecule has 2 aromatic heterocycles. The Kier molecular flexibility index (Phi) is 14.3. The highest BCUT2D eigenvalue weighted by Crippen LogP contribution is 2.46. The molecular formula is C58H57BrFN5O5. The Morgan fingerprint density at radius 1 is 0.729 bits per heavy atom. The fourth-order valence-corrected chi connectivity index (χ4v) is 9.20. The van der Waals surface area contributed by atoms with E-state index < -0.39 is 40.8 Å². The average molecular weight is 1000 g/mol. The van der Waals surface area contributed by atoms with E-state index in [0.717, 1.165) is 37.2 Å². The van der Waals surface area contributed by atoms with E-state index in [0.29, 0.717) is 40.0 Å². The molecule has 70 heavy (non-hydrogen) atoms. The Balaban J connectivity index is 1.42. The van der Waals surface area contributed by atoms with Crippen LogP contribution in [0.3, 0.4) is 0 Å². The quantitative estimate of drug-likeness (QED) is 0.114. The molecule has 1 N–H and O–H groups in total. The summed E-state index contributed by atoms with van der Waals surface area (Å²) in [5.74, 6) is 0.121. The second-order valence-corrected chi connectivity index (χ2v) is 19.7. The number of carbonyl (C=O) groups is 2. The van der Waals surface area contributed by atoms with Crippen molar-refractivity contribution in [1.29, 1.82) is 0 Å². The highest BCUT2D eigenvalue weighted by molar-refractivity contribution is 9.10. The van der Waals surface area contributed by atoms with Gasteiger partial charge in [-0.05, 0) is 119 Å². The van der Waals surface area contributed by atoms with Gasteiger partial charge in [0, 0.05) is 39.1 Å². The monoisotopic (exact) mass is 1000 g/mol. The lowest BCUT2D eigenvalue weighted by Crippen LogP contribution is -2.44. The second-order valence-electron chi connectivity index (χ2n) is 18.9. The molecule has 0 radical (unpaired) electrons. The highest BCUT2D eigenvalue weighted by atomic mass is 79.9. The van der Waals surface area contributed by atoms with Crippen molar-refractivity contribution in [1.82, 2.24) is 14.5 Å². The number of amides is 2. The van der Waals surface area contributed by atoms with Crippen molar-refractivity contribution >= 4 is 50.4 Å². The van der Waals surface area contributed by atoms with Gasteiger partial charge < -0.3 is 24.1 Å². The standard InChI is InChI=1S/C58H57BrFN5O5/c1-9-38-34-46(50(60)49(35-38)68-10-2)51(62-43-30-31-44-39(36-43)32-33-61-52(44)65(54(66)69-56(3,4)5)55(67)70-57(6,7)8)53-63-48(45-28-20-21-29-47(45)59)37-64(53)58(40-22-14-11-15-23-40,41-24-16-12-17-25-41)42-26-18-13-19-27-42/h11-37,51,62H,9-10H2,1-8H3. The van der Waals surface area contributed by atoms with Gasteiger partial charge in [0.15, 0.2) is 17.4 Å². The number of imidazole rings is 1. The minimum Gasteiger partial charge on any atom is -0.491 e. The number of halogens is 2. The van der Waals surface area contributed by atoms with Crippen LogP contribution in [0.2, 0.25) is 0 Å². The third-order valence-corrected chi connectivity index (χ3v) is 12.3. The number of hydrogen-bond acceptors (Lipinski definition) is 8. The number of pyridine rings is 1. The first-order valence-electron chi connectivity index (χ1n) is 23.4. The number of aromatic nitrogens is 3. The topological polar surface area (TPSA) is 108 Å². The van der Waals surface area contributed by atoms with E-state index in [2.05, 4.69) is 73.4 Å². The Bertz CT molecular complexity index is 3010. The fourth-order valence-electron chi connectivity index (χ4n) is 8.71. The number of ether oxygens (including phenoxy) is 3. The molecule has 0 spiro atoms. The molecule has 2 heterocycles. The molecule has 8 rings (SSSR count). The van der Waals surface area contributed by atoms with Crippen LogP contribution < -0.4 is 15.0 Å². The number of rotatable bonds is 13. The number of benzene rings is 6. The zero-order valence-electron chi connectivity index (χ0n) is 40.7. The molecule has 1 unspecified atom stereocenters. The lowest BCUT2D eigenvalue weighted by atomic mass is 9.76. The summed E-state index contributed by atoms with van der Waals surface area (Å²) in [5.41, 5.74) is 3.18. The summed E-state index contributed by atoms with van der Waals surface area (Å²) in [5, 5.41) is 4.84. The molecule has 1 atom stereocenters. The van der Waals surface area contributed by atoms with Crippen LogP contribution in [0, 0.1) is 5.82 Å². The number of aryl methyl sites for hydroxylation is 1. The van der Waals surface area contributed by atoms with Gasteiger partial charge in [0.05, 0.1) is 12.3 Å². The Hall–Kier alpha value is -7.31. The molecule has 0 aliphatic heterocycles. The molecule has 0 aliphatic carbocycles. The smallest absolute Gasteiger partial charge is 0.425 e. The molecule has 0 fully saturated rings. The Morgan fingerprint density at radius 3 is 1.81 bits per heavy atom. The van der Waals surface area contributed by atoms with Crippen LogP contribution in [-0.4, -0.2) is 44.5 Å². The number of hydrogen-bond donors (Lipinski definition) is 1. The van der Waals surface area contributed by atoms with Gasteiger partial charge in [-0.15, -0.1) is 0 Å². The number of fused-ring (bicyclic) bond motifs is 1. The molecule has 8 aromatic rings. The predicted molar refractivity (Wildman–Crippen MR) is 279 cm³/mol. The molecule has 10 nitrogen and oxygen atoms in total. The first-order chi connectivity index (χ1) is 33.5. The van der Waals surface area contributed by atoms with Gasteiger partial charge in [-0.1, -0.05) is 138 Å². The van der Waals surface area contributed by atoms with Crippen LogP contribution in [-0.2, 0) is 21.4 Å². The molecule has 6 aromatic carbocycles. The zero-order chi connectivity index (χ0) is 49.8. The summed E-state index contributed by atoms with van der Waals surface area (Å²) < 4.78 is 38.2. The van der Waals surface area contributed by atoms with E-state index in [1.807, 2.05) is 111 Å². The molecular weight excluding hydrogens is 946 g/mol. The summed E-state index contributed by atoms with van der Waals surface area (Å²) in [6.07, 6.45) is 2.31. The highest BCUT2D eigenvalue weighted by Gasteiger charge is 2.43. The minimum absolute atomic E-state index is 0.0270. The van der Waals surface area contributed by atoms with Gasteiger partial charge in [-0.3, -0.25) is 0 Å². The van der Waals surface area contributed by atoms with Crippen LogP contribution in [0.5, 0.6) is 5.75 Å². The van der Waals surface area contributed by atoms with Gasteiger partial charge in [-0.25, -0.2) is 23.9 Å². The lowest BCUT2D eigenvalue weighted by Gasteiger charge is -2.39. The molecule has 0 saturated carbocycles. The molecule has 0 aliphatic rings. The number of imide groups is 1. The van der Waals surface area contributed by atoms with Gasteiger partial charge in [0.25, 0.3) is 0 Å². The lowest BCUT2D eigenvalue weighted by molar-refractivity contribution is 0.0429. The zero-order valence-corrected chi connectivity index (χ0v) is 42.3. The van der Waals surface area contributed by atoms with Crippen LogP contribution in [0.15, 0.2) is 169 Å². The third kappa shape index (κ3) is 10.2. The predicted octanol–water partition coefficient (Wildman–Crippen LogP) is 14.7. The van der Waals surface area contributed by atoms with Crippen LogP contribution in [0.1, 0.15) is 95.1 Å². The maximum atomic E-state index is 17.7. The summed E-state index contributed by atoms with van der Waals surface area (Å²) in [4.78, 5) is 38.6. The van der Waals surface area contributed by atoms with Crippen molar-refractivity contribution in [3.05, 3.63) is 208 Å². The molecule has 0 saturated heterocycles. The number of nitrogens with one attached hydrogen (secondary N) is 1. The maximum Gasteiger partial charge on any atom is 0.425 e. The van der Waals surface area contributed by atoms with Gasteiger partial charge in [0.1, 0.15) is 28.6 Å². The normalized spacial score (nSPS) is 12.3. The summed E-state index contributed by atoms with van der Waals surface area (Å²) in [7, 11) is 0. The van der Waals surface area contributed by atoms with Crippen LogP contribution in [0.4, 0.5) is 25.5 Å². The molecule has 12 heteroatoms. The van der Waals surface area contributed by atoms with Crippen molar-refractivity contribution in [2.45, 2.75) is 84.6 Å². The van der Waals surface area contributed by atoms with Gasteiger partial charge in [0.2, 0.25) is 0 Å². The largest absolute Gasteiger partial charge is 0.491 e. The third-order valence-electron chi connectivity index (χ3n) is 11.6. The minimum atomic E-state index is -1.07. The molecule has 0 bridgehead atoms. The number of nitrogens with zero attached hydrogens (tertiary/aromatic N) is 4. The van der Waals surface area contributed by atoms with Gasteiger partial charge in [-0.2, -0.15) is 4.90 Å². The van der Waals surface area contributed by atoms with Gasteiger partial charge >= 0.3 is 12.2 Å². The van der Waals surface area contributed by atoms with Crippen molar-refractivity contribution in [2.24, 2.45) is 0 Å². The summed E-state index contributed by atoms with van der Waals surface area (Å²) >= 11 is 3.82. The molecule has 2 amide bonds. The Labute approximate surface area is 417 Å². The van der Waals surface area contributed by atoms with Crippen molar-refractivity contribution in [3.8, 4) is 17.0 Å². The first kappa shape index (κ1) is 49.1. The average Bonchev–Trinajstić information content (AvgIpc) is 3.77. The van der Waals surface area contributed by atoms with E-state index >= 15 is 4.39 Å². The summed E-state index contributed by atoms with van der Waals surface area (Å²) in [6.45, 7) is 14.4. The van der Waals surface area contributed by atoms with Crippen LogP contribution >= 0.6 is 15.9 Å². The van der Waals surface area contributed by atoms with E-state index in [9.17, 15) is 9.59 Å². The SMILES string of the molecule is CCOc1cc(CC)cc(C(Nc2ccc3c(N(C(=O)OC(C)(C)C)C(=O)OC(C)(C)C)nccc3c2)c2nc(-c3ccccc3Br)cn2C(c2ccccc2)(c2ccccc2)c2ccccc2)c1F. The number of anilines is 2. The number of carbonyl (C=O) groups excluding carboxylic acids is 2. The first-order valence-corrected chi connectivity index (χ1v) is 24.2. The summed E-state index contributed by atoms with van der Waals surface area (Å²) in [6, 6.07) is 48.7. The van der Waals surface area contributed by atoms with E-state index in [4.69, 9.17) is 19.2 Å². The van der Waals surface area contributed by atoms with Crippen LogP contribution in [0.25, 0.3) is 22.0 Å². The fraction of sp³-hybridized carbons (Fsp3) is 0.241. The van der Waals surface area contributed by atoms with Crippen molar-refractivity contribution in [2.75, 3.05) is 16.8 Å². The second kappa shape index (κ2) is 20.3. The van der Waals surface area contributed by atoms with E-state index in [1.54, 1.807) is 59.7 Å². The molecule has 358 valence electrons. The Morgan fingerprint density at radius 2 is 1.29 bits per heavy atom. The van der Waals surface area contributed by atoms with Crippen molar-refractivity contribution in [3.63, 3.8) is 0 Å². The maximum absolute atomic E-state index is 17.7. The van der Waals surface area contributed by atoms with E-state index in [1.165, 1.54) is 6.20 Å².